The first-order chi connectivity index (χ1) is 13.6. The van der Waals surface area contributed by atoms with Gasteiger partial charge in [-0.3, -0.25) is 9.78 Å². The zero-order valence-corrected chi connectivity index (χ0v) is 17.4. The van der Waals surface area contributed by atoms with Gasteiger partial charge in [-0.1, -0.05) is 42.4 Å². The van der Waals surface area contributed by atoms with Crippen molar-refractivity contribution in [3.8, 4) is 11.4 Å². The van der Waals surface area contributed by atoms with Crippen molar-refractivity contribution in [3.05, 3.63) is 59.4 Å². The summed E-state index contributed by atoms with van der Waals surface area (Å²) >= 11 is 7.41. The first-order valence-electron chi connectivity index (χ1n) is 9.09. The number of hydrogen-bond donors (Lipinski definition) is 1. The van der Waals surface area contributed by atoms with Crippen molar-refractivity contribution in [1.82, 2.24) is 25.1 Å². The molecule has 1 amide bonds. The number of nitrogens with zero attached hydrogens (tertiary/aromatic N) is 4. The van der Waals surface area contributed by atoms with E-state index in [4.69, 9.17) is 11.6 Å². The van der Waals surface area contributed by atoms with Crippen LogP contribution in [0.25, 0.3) is 11.4 Å². The maximum Gasteiger partial charge on any atom is 0.230 e. The maximum atomic E-state index is 12.4. The molecule has 2 heterocycles. The number of hydrogen-bond acceptors (Lipinski definition) is 5. The van der Waals surface area contributed by atoms with Crippen molar-refractivity contribution in [2.24, 2.45) is 0 Å². The van der Waals surface area contributed by atoms with Gasteiger partial charge >= 0.3 is 0 Å². The molecule has 28 heavy (non-hydrogen) atoms. The highest BCUT2D eigenvalue weighted by Gasteiger charge is 2.16. The molecular weight excluding hydrogens is 394 g/mol. The average molecular weight is 416 g/mol. The summed E-state index contributed by atoms with van der Waals surface area (Å²) in [6.45, 7) is 4.83. The molecule has 0 aliphatic rings. The smallest absolute Gasteiger partial charge is 0.230 e. The van der Waals surface area contributed by atoms with Crippen molar-refractivity contribution in [1.29, 1.82) is 0 Å². The number of benzene rings is 1. The highest BCUT2D eigenvalue weighted by atomic mass is 35.5. The fourth-order valence-electron chi connectivity index (χ4n) is 2.81. The Kier molecular flexibility index (Phi) is 7.06. The summed E-state index contributed by atoms with van der Waals surface area (Å²) in [6, 6.07) is 11.2. The minimum absolute atomic E-state index is 0.0611. The van der Waals surface area contributed by atoms with E-state index < -0.39 is 0 Å². The maximum absolute atomic E-state index is 12.4. The van der Waals surface area contributed by atoms with E-state index in [1.165, 1.54) is 11.8 Å². The Morgan fingerprint density at radius 1 is 1.25 bits per heavy atom. The highest BCUT2D eigenvalue weighted by Crippen LogP contribution is 2.24. The molecule has 6 nitrogen and oxygen atoms in total. The van der Waals surface area contributed by atoms with E-state index in [1.807, 2.05) is 47.9 Å². The van der Waals surface area contributed by atoms with Gasteiger partial charge in [0.25, 0.3) is 0 Å². The Labute approximate surface area is 173 Å². The van der Waals surface area contributed by atoms with Crippen LogP contribution >= 0.6 is 23.4 Å². The summed E-state index contributed by atoms with van der Waals surface area (Å²) in [5.74, 6) is 0.997. The van der Waals surface area contributed by atoms with Crippen molar-refractivity contribution in [2.45, 2.75) is 38.0 Å². The Morgan fingerprint density at radius 3 is 2.75 bits per heavy atom. The molecule has 0 aliphatic heterocycles. The molecular formula is C20H22ClN5OS. The van der Waals surface area contributed by atoms with Crippen molar-refractivity contribution < 1.29 is 4.79 Å². The van der Waals surface area contributed by atoms with E-state index in [-0.39, 0.29) is 17.7 Å². The molecule has 1 aromatic carbocycles. The number of aromatic nitrogens is 4. The summed E-state index contributed by atoms with van der Waals surface area (Å²) in [6.07, 6.45) is 4.41. The molecule has 0 saturated carbocycles. The first kappa shape index (κ1) is 20.4. The number of amides is 1. The third kappa shape index (κ3) is 5.11. The monoisotopic (exact) mass is 415 g/mol. The molecule has 146 valence electrons. The summed E-state index contributed by atoms with van der Waals surface area (Å²) in [5.41, 5.74) is 1.93. The number of carbonyl (C=O) groups is 1. The van der Waals surface area contributed by atoms with E-state index in [2.05, 4.69) is 27.4 Å². The van der Waals surface area contributed by atoms with Gasteiger partial charge in [0.2, 0.25) is 5.91 Å². The zero-order chi connectivity index (χ0) is 19.9. The molecule has 8 heteroatoms. The summed E-state index contributed by atoms with van der Waals surface area (Å²) in [4.78, 5) is 16.4. The van der Waals surface area contributed by atoms with Crippen LogP contribution in [0.4, 0.5) is 0 Å². The Hall–Kier alpha value is -2.38. The fourth-order valence-corrected chi connectivity index (χ4v) is 3.78. The normalized spacial score (nSPS) is 12.0. The van der Waals surface area contributed by atoms with Gasteiger partial charge < -0.3 is 9.88 Å². The average Bonchev–Trinajstić information content (AvgIpc) is 3.10. The van der Waals surface area contributed by atoms with E-state index in [9.17, 15) is 4.79 Å². The second-order valence-corrected chi connectivity index (χ2v) is 7.71. The van der Waals surface area contributed by atoms with Crippen molar-refractivity contribution in [3.63, 3.8) is 0 Å². The van der Waals surface area contributed by atoms with Crippen molar-refractivity contribution in [2.75, 3.05) is 5.75 Å². The zero-order valence-electron chi connectivity index (χ0n) is 15.8. The van der Waals surface area contributed by atoms with Crippen molar-refractivity contribution >= 4 is 29.3 Å². The second kappa shape index (κ2) is 9.71. The first-order valence-corrected chi connectivity index (χ1v) is 10.5. The molecule has 0 radical (unpaired) electrons. The van der Waals surface area contributed by atoms with Crippen LogP contribution < -0.4 is 5.32 Å². The van der Waals surface area contributed by atoms with E-state index in [0.717, 1.165) is 35.1 Å². The lowest BCUT2D eigenvalue weighted by Crippen LogP contribution is -2.28. The van der Waals surface area contributed by atoms with Crippen LogP contribution in [0.5, 0.6) is 0 Å². The van der Waals surface area contributed by atoms with Gasteiger partial charge in [-0.15, -0.1) is 10.2 Å². The quantitative estimate of drug-likeness (QED) is 0.553. The molecule has 1 atom stereocenters. The van der Waals surface area contributed by atoms with Gasteiger partial charge in [0, 0.05) is 29.5 Å². The molecule has 1 N–H and O–H groups in total. The number of carbonyl (C=O) groups excluding carboxylic acids is 1. The Bertz CT molecular complexity index is 931. The van der Waals surface area contributed by atoms with Gasteiger partial charge in [-0.2, -0.15) is 0 Å². The molecule has 0 saturated heterocycles. The minimum Gasteiger partial charge on any atom is -0.349 e. The van der Waals surface area contributed by atoms with E-state index in [0.29, 0.717) is 5.02 Å². The van der Waals surface area contributed by atoms with Crippen LogP contribution in [0.15, 0.2) is 53.9 Å². The predicted molar refractivity (Wildman–Crippen MR) is 112 cm³/mol. The molecule has 3 aromatic rings. The summed E-state index contributed by atoms with van der Waals surface area (Å²) in [5, 5.41) is 13.0. The lowest BCUT2D eigenvalue weighted by atomic mass is 10.1. The van der Waals surface area contributed by atoms with Crippen LogP contribution in [0, 0.1) is 0 Å². The second-order valence-electron chi connectivity index (χ2n) is 6.33. The number of pyridine rings is 1. The van der Waals surface area contributed by atoms with Gasteiger partial charge in [0.15, 0.2) is 11.0 Å². The minimum atomic E-state index is -0.118. The topological polar surface area (TPSA) is 72.7 Å². The molecule has 0 fully saturated rings. The number of rotatable bonds is 8. The van der Waals surface area contributed by atoms with Gasteiger partial charge in [0.05, 0.1) is 11.8 Å². The predicted octanol–water partition coefficient (Wildman–Crippen LogP) is 4.37. The van der Waals surface area contributed by atoms with Gasteiger partial charge in [-0.25, -0.2) is 0 Å². The largest absolute Gasteiger partial charge is 0.349 e. The van der Waals surface area contributed by atoms with Crippen LogP contribution in [0.2, 0.25) is 5.02 Å². The Morgan fingerprint density at radius 2 is 2.04 bits per heavy atom. The highest BCUT2D eigenvalue weighted by molar-refractivity contribution is 7.99. The van der Waals surface area contributed by atoms with Gasteiger partial charge in [0.1, 0.15) is 0 Å². The number of thioether (sulfide) groups is 1. The molecule has 0 unspecified atom stereocenters. The number of nitrogens with one attached hydrogen (secondary N) is 1. The lowest BCUT2D eigenvalue weighted by Gasteiger charge is -2.14. The summed E-state index contributed by atoms with van der Waals surface area (Å²) in [7, 11) is 0. The van der Waals surface area contributed by atoms with Crippen LogP contribution in [-0.4, -0.2) is 31.4 Å². The standard InChI is InChI=1S/C20H22ClN5OS/c1-3-11-26-19(15-7-9-22-10-8-15)24-25-20(26)28-13-18(27)23-14(2)16-5-4-6-17(21)12-16/h4-10,12,14H,3,11,13H2,1-2H3,(H,23,27)/t14-/m1/s1. The summed E-state index contributed by atoms with van der Waals surface area (Å²) < 4.78 is 2.05. The molecule has 0 aliphatic carbocycles. The third-order valence-electron chi connectivity index (χ3n) is 4.16. The fraction of sp³-hybridized carbons (Fsp3) is 0.300. The molecule has 3 rings (SSSR count). The van der Waals surface area contributed by atoms with E-state index >= 15 is 0 Å². The Balaban J connectivity index is 1.65. The van der Waals surface area contributed by atoms with E-state index in [1.54, 1.807) is 12.4 Å². The van der Waals surface area contributed by atoms with Crippen LogP contribution in [-0.2, 0) is 11.3 Å². The number of halogens is 1. The third-order valence-corrected chi connectivity index (χ3v) is 5.36. The molecule has 0 spiro atoms. The molecule has 0 bridgehead atoms. The SMILES string of the molecule is CCCn1c(SCC(=O)N[C@H](C)c2cccc(Cl)c2)nnc1-c1ccncc1. The van der Waals surface area contributed by atoms with Crippen LogP contribution in [0.3, 0.4) is 0 Å². The van der Waals surface area contributed by atoms with Gasteiger partial charge in [-0.05, 0) is 43.2 Å². The lowest BCUT2D eigenvalue weighted by molar-refractivity contribution is -0.119. The van der Waals surface area contributed by atoms with Crippen LogP contribution in [0.1, 0.15) is 31.9 Å². The molecule has 2 aromatic heterocycles.